The molecule has 1 aliphatic heterocycles. The van der Waals surface area contributed by atoms with Gasteiger partial charge in [0, 0.05) is 10.0 Å². The molecule has 0 saturated carbocycles. The summed E-state index contributed by atoms with van der Waals surface area (Å²) >= 11 is 12.2. The Kier molecular flexibility index (Phi) is 5.51. The van der Waals surface area contributed by atoms with Crippen molar-refractivity contribution in [3.63, 3.8) is 0 Å². The first kappa shape index (κ1) is 17.8. The average Bonchev–Trinajstić information content (AvgIpc) is 2.86. The topological polar surface area (TPSA) is 18.5 Å². The van der Waals surface area contributed by atoms with Crippen LogP contribution >= 0.6 is 23.2 Å². The molecule has 1 atom stereocenters. The van der Waals surface area contributed by atoms with E-state index in [4.69, 9.17) is 32.7 Å². The summed E-state index contributed by atoms with van der Waals surface area (Å²) in [6, 6.07) is 14.2. The van der Waals surface area contributed by atoms with Crippen LogP contribution in [-0.4, -0.2) is 18.5 Å². The van der Waals surface area contributed by atoms with E-state index in [2.05, 4.69) is 24.3 Å². The summed E-state index contributed by atoms with van der Waals surface area (Å²) < 4.78 is 11.4. The van der Waals surface area contributed by atoms with Gasteiger partial charge in [0.15, 0.2) is 5.79 Å². The lowest BCUT2D eigenvalue weighted by Crippen LogP contribution is -2.21. The number of aryl methyl sites for hydroxylation is 1. The molecular weight excluding hydrogens is 343 g/mol. The first-order valence-corrected chi connectivity index (χ1v) is 9.04. The van der Waals surface area contributed by atoms with Gasteiger partial charge in [-0.1, -0.05) is 47.5 Å². The monoisotopic (exact) mass is 364 g/mol. The van der Waals surface area contributed by atoms with Gasteiger partial charge in [-0.3, -0.25) is 0 Å². The van der Waals surface area contributed by atoms with Gasteiger partial charge in [0.1, 0.15) is 0 Å². The molecule has 0 amide bonds. The summed E-state index contributed by atoms with van der Waals surface area (Å²) in [6.45, 7) is 4.63. The Morgan fingerprint density at radius 3 is 2.25 bits per heavy atom. The van der Waals surface area contributed by atoms with Gasteiger partial charge in [-0.2, -0.15) is 0 Å². The highest BCUT2D eigenvalue weighted by Gasteiger charge is 2.31. The molecule has 2 aromatic carbocycles. The van der Waals surface area contributed by atoms with E-state index in [9.17, 15) is 0 Å². The second kappa shape index (κ2) is 7.45. The molecule has 0 aromatic heterocycles. The lowest BCUT2D eigenvalue weighted by molar-refractivity contribution is -0.139. The van der Waals surface area contributed by atoms with Crippen LogP contribution in [0.2, 0.25) is 10.0 Å². The Morgan fingerprint density at radius 2 is 1.67 bits per heavy atom. The van der Waals surface area contributed by atoms with E-state index in [-0.39, 0.29) is 6.10 Å². The summed E-state index contributed by atoms with van der Waals surface area (Å²) in [5.41, 5.74) is 3.49. The maximum Gasteiger partial charge on any atom is 0.163 e. The van der Waals surface area contributed by atoms with E-state index in [1.807, 2.05) is 26.0 Å². The predicted molar refractivity (Wildman–Crippen MR) is 99.7 cm³/mol. The number of ether oxygens (including phenoxy) is 2. The molecule has 0 unspecified atom stereocenters. The van der Waals surface area contributed by atoms with Crippen molar-refractivity contribution in [2.75, 3.05) is 6.61 Å². The average molecular weight is 365 g/mol. The van der Waals surface area contributed by atoms with E-state index < -0.39 is 5.79 Å². The molecule has 4 heteroatoms. The van der Waals surface area contributed by atoms with Crippen LogP contribution in [0.1, 0.15) is 32.3 Å². The van der Waals surface area contributed by atoms with Gasteiger partial charge >= 0.3 is 0 Å². The van der Waals surface area contributed by atoms with Crippen molar-refractivity contribution >= 4 is 23.2 Å². The van der Waals surface area contributed by atoms with Crippen LogP contribution in [0, 0.1) is 0 Å². The van der Waals surface area contributed by atoms with Gasteiger partial charge in [-0.05, 0) is 68.0 Å². The van der Waals surface area contributed by atoms with Crippen LogP contribution < -0.4 is 0 Å². The van der Waals surface area contributed by atoms with Gasteiger partial charge in [0.2, 0.25) is 0 Å². The molecule has 1 aliphatic rings. The molecular formula is C20H22Cl2O2. The fourth-order valence-corrected chi connectivity index (χ4v) is 3.55. The molecule has 2 aromatic rings. The lowest BCUT2D eigenvalue weighted by Gasteiger charge is -2.17. The third-order valence-electron chi connectivity index (χ3n) is 4.21. The molecule has 1 fully saturated rings. The maximum absolute atomic E-state index is 6.08. The first-order chi connectivity index (χ1) is 11.4. The zero-order valence-corrected chi connectivity index (χ0v) is 15.5. The largest absolute Gasteiger partial charge is 0.348 e. The normalized spacial score (nSPS) is 19.6. The van der Waals surface area contributed by atoms with Crippen LogP contribution in [0.3, 0.4) is 0 Å². The summed E-state index contributed by atoms with van der Waals surface area (Å²) in [5, 5.41) is 1.31. The highest BCUT2D eigenvalue weighted by atomic mass is 35.5. The van der Waals surface area contributed by atoms with E-state index >= 15 is 0 Å². The van der Waals surface area contributed by atoms with Crippen molar-refractivity contribution in [3.8, 4) is 11.1 Å². The molecule has 2 nitrogen and oxygen atoms in total. The highest BCUT2D eigenvalue weighted by molar-refractivity contribution is 6.35. The Bertz CT molecular complexity index is 675. The van der Waals surface area contributed by atoms with Crippen LogP contribution in [-0.2, 0) is 15.9 Å². The lowest BCUT2D eigenvalue weighted by atomic mass is 10.0. The molecule has 0 aliphatic carbocycles. The van der Waals surface area contributed by atoms with Crippen molar-refractivity contribution in [1.29, 1.82) is 0 Å². The van der Waals surface area contributed by atoms with Crippen LogP contribution in [0.4, 0.5) is 0 Å². The van der Waals surface area contributed by atoms with E-state index in [0.717, 1.165) is 30.4 Å². The van der Waals surface area contributed by atoms with Crippen molar-refractivity contribution in [2.24, 2.45) is 0 Å². The minimum absolute atomic E-state index is 0.216. The van der Waals surface area contributed by atoms with Crippen molar-refractivity contribution in [2.45, 2.75) is 45.0 Å². The van der Waals surface area contributed by atoms with Crippen molar-refractivity contribution in [3.05, 3.63) is 58.1 Å². The fourth-order valence-electron chi connectivity index (χ4n) is 3.02. The third-order valence-corrected chi connectivity index (χ3v) is 4.65. The quantitative estimate of drug-likeness (QED) is 0.634. The van der Waals surface area contributed by atoms with Crippen molar-refractivity contribution in [1.82, 2.24) is 0 Å². The van der Waals surface area contributed by atoms with Gasteiger partial charge in [0.25, 0.3) is 0 Å². The predicted octanol–water partition coefficient (Wildman–Crippen LogP) is 6.13. The minimum Gasteiger partial charge on any atom is -0.348 e. The van der Waals surface area contributed by atoms with E-state index in [1.165, 1.54) is 5.56 Å². The Labute approximate surface area is 153 Å². The van der Waals surface area contributed by atoms with Crippen LogP contribution in [0.15, 0.2) is 42.5 Å². The molecule has 0 bridgehead atoms. The molecule has 0 spiro atoms. The summed E-state index contributed by atoms with van der Waals surface area (Å²) in [4.78, 5) is 0. The summed E-state index contributed by atoms with van der Waals surface area (Å²) in [7, 11) is 0. The molecule has 1 heterocycles. The number of halogens is 2. The summed E-state index contributed by atoms with van der Waals surface area (Å²) in [6.07, 6.45) is 3.37. The number of rotatable bonds is 5. The zero-order valence-electron chi connectivity index (χ0n) is 14.0. The number of benzene rings is 2. The fraction of sp³-hybridized carbons (Fsp3) is 0.400. The molecule has 0 N–H and O–H groups in total. The molecule has 0 radical (unpaired) electrons. The Hall–Kier alpha value is -1.06. The van der Waals surface area contributed by atoms with Crippen LogP contribution in [0.5, 0.6) is 0 Å². The third kappa shape index (κ3) is 4.73. The Morgan fingerprint density at radius 1 is 1.00 bits per heavy atom. The van der Waals surface area contributed by atoms with E-state index in [0.29, 0.717) is 16.7 Å². The number of hydrogen-bond donors (Lipinski definition) is 0. The van der Waals surface area contributed by atoms with Crippen molar-refractivity contribution < 1.29 is 9.47 Å². The Balaban J connectivity index is 1.55. The maximum atomic E-state index is 6.08. The standard InChI is InChI=1S/C20H22Cl2O2/c1-20(2)23-13-19(24-20)5-3-4-14-6-8-15(9-7-14)16-10-17(21)12-18(22)11-16/h6-12,19H,3-5,13H2,1-2H3/t19-/m1/s1. The van der Waals surface area contributed by atoms with Crippen LogP contribution in [0.25, 0.3) is 11.1 Å². The molecule has 1 saturated heterocycles. The van der Waals surface area contributed by atoms with Gasteiger partial charge in [-0.25, -0.2) is 0 Å². The first-order valence-electron chi connectivity index (χ1n) is 8.28. The number of hydrogen-bond acceptors (Lipinski definition) is 2. The minimum atomic E-state index is -0.426. The SMILES string of the molecule is CC1(C)OC[C@@H](CCCc2ccc(-c3cc(Cl)cc(Cl)c3)cc2)O1. The van der Waals surface area contributed by atoms with Gasteiger partial charge in [0.05, 0.1) is 12.7 Å². The molecule has 24 heavy (non-hydrogen) atoms. The zero-order chi connectivity index (χ0) is 17.2. The second-order valence-electron chi connectivity index (χ2n) is 6.70. The highest BCUT2D eigenvalue weighted by Crippen LogP contribution is 2.28. The van der Waals surface area contributed by atoms with Gasteiger partial charge < -0.3 is 9.47 Å². The summed E-state index contributed by atoms with van der Waals surface area (Å²) in [5.74, 6) is -0.426. The molecule has 3 rings (SSSR count). The smallest absolute Gasteiger partial charge is 0.163 e. The van der Waals surface area contributed by atoms with Gasteiger partial charge in [-0.15, -0.1) is 0 Å². The van der Waals surface area contributed by atoms with E-state index in [1.54, 1.807) is 6.07 Å². The molecule has 128 valence electrons. The second-order valence-corrected chi connectivity index (χ2v) is 7.57.